The van der Waals surface area contributed by atoms with Crippen molar-refractivity contribution in [3.63, 3.8) is 0 Å². The first-order valence-electron chi connectivity index (χ1n) is 20.8. The van der Waals surface area contributed by atoms with Crippen LogP contribution in [0.25, 0.3) is 71.6 Å². The van der Waals surface area contributed by atoms with Crippen molar-refractivity contribution < 1.29 is 0 Å². The Morgan fingerprint density at radius 2 is 0.902 bits per heavy atom. The minimum atomic E-state index is 0.198. The van der Waals surface area contributed by atoms with Crippen molar-refractivity contribution in [1.29, 1.82) is 5.41 Å². The van der Waals surface area contributed by atoms with E-state index in [0.717, 1.165) is 77.1 Å². The van der Waals surface area contributed by atoms with Gasteiger partial charge in [-0.1, -0.05) is 157 Å². The maximum Gasteiger partial charge on any atom is 0.163 e. The van der Waals surface area contributed by atoms with Gasteiger partial charge in [0, 0.05) is 38.4 Å². The number of aliphatic imine (C=N–C) groups is 2. The third-order valence-corrected chi connectivity index (χ3v) is 12.7. The smallest absolute Gasteiger partial charge is 0.163 e. The van der Waals surface area contributed by atoms with E-state index in [4.69, 9.17) is 9.98 Å². The molecule has 0 saturated heterocycles. The zero-order valence-corrected chi connectivity index (χ0v) is 35.0. The fraction of sp³-hybridized carbons (Fsp3) is 0. The van der Waals surface area contributed by atoms with E-state index in [2.05, 4.69) is 212 Å². The van der Waals surface area contributed by atoms with Gasteiger partial charge in [0.25, 0.3) is 0 Å². The third-order valence-electron chi connectivity index (χ3n) is 12.7. The Morgan fingerprint density at radius 1 is 0.443 bits per heavy atom. The Morgan fingerprint density at radius 3 is 1.49 bits per heavy atom. The molecule has 10 rings (SSSR count). The Bertz CT molecular complexity index is 3380. The number of benzene rings is 8. The zero-order chi connectivity index (χ0) is 41.8. The van der Waals surface area contributed by atoms with Gasteiger partial charge in [0.2, 0.25) is 0 Å². The van der Waals surface area contributed by atoms with Gasteiger partial charge < -0.3 is 4.57 Å². The first-order valence-corrected chi connectivity index (χ1v) is 20.8. The second-order valence-corrected chi connectivity index (χ2v) is 16.0. The summed E-state index contributed by atoms with van der Waals surface area (Å²) in [6.45, 7) is 0. The molecule has 0 aliphatic carbocycles. The van der Waals surface area contributed by atoms with E-state index < -0.39 is 0 Å². The Labute approximate surface area is 360 Å². The molecule has 1 N–H and O–H groups in total. The normalized spacial score (nSPS) is 12.0. The van der Waals surface area contributed by atoms with Crippen molar-refractivity contribution in [2.24, 2.45) is 9.98 Å². The topological polar surface area (TPSA) is 58.4 Å². The second-order valence-electron chi connectivity index (χ2n) is 16.0. The van der Waals surface area contributed by atoms with Gasteiger partial charge >= 0.3 is 0 Å². The van der Waals surface area contributed by atoms with Gasteiger partial charge in [-0.3, -0.25) is 9.98 Å². The van der Waals surface area contributed by atoms with Crippen molar-refractivity contribution in [2.45, 2.75) is 0 Å². The van der Waals surface area contributed by atoms with Crippen molar-refractivity contribution >= 4 is 128 Å². The monoisotopic (exact) mass is 777 g/mol. The summed E-state index contributed by atoms with van der Waals surface area (Å²) in [7, 11) is 10.6. The molecule has 284 valence electrons. The molecule has 8 aromatic carbocycles. The van der Waals surface area contributed by atoms with Crippen LogP contribution in [-0.4, -0.2) is 66.4 Å². The molecule has 0 aliphatic rings. The van der Waals surface area contributed by atoms with Crippen LogP contribution in [0.3, 0.4) is 0 Å². The number of fused-ring (bicyclic) bond motifs is 7. The van der Waals surface area contributed by atoms with Gasteiger partial charge in [-0.05, 0) is 46.5 Å². The van der Waals surface area contributed by atoms with Crippen LogP contribution in [0.4, 0.5) is 0 Å². The predicted octanol–water partition coefficient (Wildman–Crippen LogP) is 3.87. The van der Waals surface area contributed by atoms with E-state index in [0.29, 0.717) is 5.84 Å². The zero-order valence-electron chi connectivity index (χ0n) is 35.0. The largest absolute Gasteiger partial charge is 0.307 e. The Balaban J connectivity index is 1.20. The standard InChI is InChI=1S/C51H40B5N5/c52-43-42(44(53)46(55)47(56)45(43)54)50(57)59-51(34-21-19-32(20-22-34)30-11-3-1-4-12-30)58-29-60-40-17-9-7-15-36(40)38-27-28-39-37-16-8-10-18-41(37)61(49(39)48(38)60)35-25-23-33(24-26-35)31-13-5-2-6-14-31/h1-29,57H,52-56H2/b57-50?,58-29+,59-51-. The number of para-hydroxylation sites is 2. The Kier molecular flexibility index (Phi) is 9.56. The first-order chi connectivity index (χ1) is 29.8. The third kappa shape index (κ3) is 6.47. The molecule has 0 aliphatic heterocycles. The second kappa shape index (κ2) is 15.4. The van der Waals surface area contributed by atoms with E-state index in [-0.39, 0.29) is 5.84 Å². The highest BCUT2D eigenvalue weighted by Gasteiger charge is 2.21. The van der Waals surface area contributed by atoms with Crippen LogP contribution < -0.4 is 27.3 Å². The molecular weight excluding hydrogens is 737 g/mol. The summed E-state index contributed by atoms with van der Waals surface area (Å²) < 4.78 is 4.61. The van der Waals surface area contributed by atoms with Gasteiger partial charge in [0.1, 0.15) is 45.6 Å². The lowest BCUT2D eigenvalue weighted by Gasteiger charge is -2.19. The number of nitrogens with zero attached hydrogens (tertiary/aromatic N) is 4. The summed E-state index contributed by atoms with van der Waals surface area (Å²) >= 11 is 0. The summed E-state index contributed by atoms with van der Waals surface area (Å²) in [5.41, 5.74) is 17.5. The molecule has 0 amide bonds. The molecule has 0 saturated carbocycles. The van der Waals surface area contributed by atoms with Crippen LogP contribution >= 0.6 is 0 Å². The predicted molar refractivity (Wildman–Crippen MR) is 276 cm³/mol. The molecule has 2 heterocycles. The lowest BCUT2D eigenvalue weighted by atomic mass is 9.60. The van der Waals surface area contributed by atoms with E-state index >= 15 is 0 Å². The number of hydrogen-bond donors (Lipinski definition) is 1. The summed E-state index contributed by atoms with van der Waals surface area (Å²) in [5, 5.41) is 14.2. The molecule has 0 bridgehead atoms. The molecule has 0 radical (unpaired) electrons. The minimum absolute atomic E-state index is 0.198. The Hall–Kier alpha value is -7.31. The van der Waals surface area contributed by atoms with E-state index in [9.17, 15) is 5.41 Å². The molecule has 5 nitrogen and oxygen atoms in total. The van der Waals surface area contributed by atoms with Crippen molar-refractivity contribution in [2.75, 3.05) is 0 Å². The van der Waals surface area contributed by atoms with E-state index in [1.165, 1.54) is 32.9 Å². The van der Waals surface area contributed by atoms with E-state index in [1.54, 1.807) is 0 Å². The van der Waals surface area contributed by atoms with Crippen LogP contribution in [0.5, 0.6) is 0 Å². The average Bonchev–Trinajstić information content (AvgIpc) is 3.82. The molecule has 0 atom stereocenters. The molecule has 0 fully saturated rings. The van der Waals surface area contributed by atoms with Crippen molar-refractivity contribution in [3.8, 4) is 27.9 Å². The molecular formula is C51H40B5N5. The van der Waals surface area contributed by atoms with Gasteiger partial charge in [-0.15, -0.1) is 16.4 Å². The van der Waals surface area contributed by atoms with Crippen LogP contribution in [0.2, 0.25) is 0 Å². The quantitative estimate of drug-likeness (QED) is 0.152. The average molecular weight is 777 g/mol. The van der Waals surface area contributed by atoms with Gasteiger partial charge in [0.15, 0.2) is 11.7 Å². The molecule has 0 spiro atoms. The van der Waals surface area contributed by atoms with Crippen LogP contribution in [0.15, 0.2) is 180 Å². The number of rotatable bonds is 6. The highest BCUT2D eigenvalue weighted by molar-refractivity contribution is 6.68. The molecule has 0 unspecified atom stereocenters. The van der Waals surface area contributed by atoms with E-state index in [1.807, 2.05) is 12.4 Å². The summed E-state index contributed by atoms with van der Waals surface area (Å²) in [6, 6.07) is 59.8. The first kappa shape index (κ1) is 37.9. The van der Waals surface area contributed by atoms with Crippen LogP contribution in [-0.2, 0) is 0 Å². The molecule has 61 heavy (non-hydrogen) atoms. The van der Waals surface area contributed by atoms with Crippen molar-refractivity contribution in [3.05, 3.63) is 181 Å². The minimum Gasteiger partial charge on any atom is -0.307 e. The van der Waals surface area contributed by atoms with Crippen molar-refractivity contribution in [1.82, 2.24) is 9.13 Å². The number of amidine groups is 2. The summed E-state index contributed by atoms with van der Waals surface area (Å²) in [4.78, 5) is 10.4. The highest BCUT2D eigenvalue weighted by atomic mass is 15.1. The summed E-state index contributed by atoms with van der Waals surface area (Å²) in [6.07, 6.45) is 1.91. The highest BCUT2D eigenvalue weighted by Crippen LogP contribution is 2.40. The number of hydrogen-bond acceptors (Lipinski definition) is 1. The number of aromatic nitrogens is 2. The van der Waals surface area contributed by atoms with Crippen LogP contribution in [0, 0.1) is 5.41 Å². The molecule has 10 heteroatoms. The fourth-order valence-electron chi connectivity index (χ4n) is 9.09. The lowest BCUT2D eigenvalue weighted by molar-refractivity contribution is 1.18. The fourth-order valence-corrected chi connectivity index (χ4v) is 9.09. The van der Waals surface area contributed by atoms with Gasteiger partial charge in [-0.25, -0.2) is 9.98 Å². The SMILES string of the molecule is Bc1c(B)c(B)c(C(=N)/N=C(\N=C\n2c3ccccc3c3ccc4c5ccccc5n(-c5ccc(-c6ccccc6)cc5)c4c32)c2ccc(-c3ccccc3)cc2)c(B)c1B. The maximum atomic E-state index is 9.54. The number of nitrogens with one attached hydrogen (secondary N) is 1. The molecule has 10 aromatic rings. The summed E-state index contributed by atoms with van der Waals surface area (Å²) in [5.74, 6) is 0.665. The van der Waals surface area contributed by atoms with Gasteiger partial charge in [-0.2, -0.15) is 0 Å². The lowest BCUT2D eigenvalue weighted by Crippen LogP contribution is -2.57. The maximum absolute atomic E-state index is 9.54. The van der Waals surface area contributed by atoms with Gasteiger partial charge in [0.05, 0.1) is 22.1 Å². The molecule has 2 aromatic heterocycles. The van der Waals surface area contributed by atoms with Crippen LogP contribution in [0.1, 0.15) is 11.1 Å².